The van der Waals surface area contributed by atoms with Crippen molar-refractivity contribution in [2.75, 3.05) is 11.9 Å². The van der Waals surface area contributed by atoms with Crippen molar-refractivity contribution >= 4 is 34.2 Å². The van der Waals surface area contributed by atoms with E-state index in [1.165, 1.54) is 6.42 Å². The molecule has 1 aliphatic rings. The summed E-state index contributed by atoms with van der Waals surface area (Å²) in [7, 11) is 0. The molecule has 5 heteroatoms. The molecule has 2 rings (SSSR count). The zero-order valence-electron chi connectivity index (χ0n) is 11.0. The van der Waals surface area contributed by atoms with Gasteiger partial charge in [-0.1, -0.05) is 37.2 Å². The van der Waals surface area contributed by atoms with Gasteiger partial charge in [0.2, 0.25) is 0 Å². The first-order valence-electron chi connectivity index (χ1n) is 6.26. The van der Waals surface area contributed by atoms with Crippen molar-refractivity contribution in [1.82, 2.24) is 0 Å². The first-order valence-corrected chi connectivity index (χ1v) is 7.52. The van der Waals surface area contributed by atoms with E-state index in [2.05, 4.69) is 30.2 Å². The molecular formula is C14H16ClN3S. The number of anilines is 1. The van der Waals surface area contributed by atoms with Crippen LogP contribution in [0.2, 0.25) is 5.02 Å². The van der Waals surface area contributed by atoms with Gasteiger partial charge >= 0.3 is 0 Å². The van der Waals surface area contributed by atoms with Crippen LogP contribution in [-0.4, -0.2) is 17.0 Å². The zero-order valence-corrected chi connectivity index (χ0v) is 12.6. The van der Waals surface area contributed by atoms with Crippen molar-refractivity contribution in [3.05, 3.63) is 28.8 Å². The van der Waals surface area contributed by atoms with E-state index < -0.39 is 0 Å². The summed E-state index contributed by atoms with van der Waals surface area (Å²) < 4.78 is 0. The number of nitrogens with one attached hydrogen (secondary N) is 1. The number of nitrogens with zero attached hydrogens (tertiary/aromatic N) is 2. The number of aliphatic imine (C=N–C) groups is 1. The van der Waals surface area contributed by atoms with E-state index >= 15 is 0 Å². The monoisotopic (exact) mass is 293 g/mol. The van der Waals surface area contributed by atoms with Gasteiger partial charge in [0.15, 0.2) is 5.17 Å². The van der Waals surface area contributed by atoms with Crippen LogP contribution in [0.1, 0.15) is 25.8 Å². The minimum Gasteiger partial charge on any atom is -0.334 e. The summed E-state index contributed by atoms with van der Waals surface area (Å²) >= 11 is 7.90. The Hall–Kier alpha value is -1.18. The molecule has 1 aliphatic heterocycles. The zero-order chi connectivity index (χ0) is 13.8. The van der Waals surface area contributed by atoms with Gasteiger partial charge in [-0.15, -0.1) is 0 Å². The average Bonchev–Trinajstić information content (AvgIpc) is 2.78. The quantitative estimate of drug-likeness (QED) is 0.911. The molecule has 0 saturated carbocycles. The molecule has 0 fully saturated rings. The molecule has 100 valence electrons. The molecule has 1 aromatic rings. The molecule has 0 radical (unpaired) electrons. The second-order valence-electron chi connectivity index (χ2n) is 4.95. The Morgan fingerprint density at radius 1 is 1.58 bits per heavy atom. The van der Waals surface area contributed by atoms with E-state index in [0.29, 0.717) is 21.8 Å². The van der Waals surface area contributed by atoms with Gasteiger partial charge in [0, 0.05) is 5.25 Å². The molecule has 1 aromatic carbocycles. The molecule has 0 saturated heterocycles. The third-order valence-electron chi connectivity index (χ3n) is 2.79. The Balaban J connectivity index is 1.98. The average molecular weight is 294 g/mol. The second kappa shape index (κ2) is 6.31. The lowest BCUT2D eigenvalue weighted by molar-refractivity contribution is 0.575. The van der Waals surface area contributed by atoms with Gasteiger partial charge in [-0.2, -0.15) is 5.26 Å². The van der Waals surface area contributed by atoms with Gasteiger partial charge in [0.1, 0.15) is 0 Å². The topological polar surface area (TPSA) is 48.2 Å². The molecule has 19 heavy (non-hydrogen) atoms. The number of thioether (sulfide) groups is 1. The smallest absolute Gasteiger partial charge is 0.161 e. The molecule has 3 nitrogen and oxygen atoms in total. The number of hydrogen-bond donors (Lipinski definition) is 1. The molecular weight excluding hydrogens is 278 g/mol. The van der Waals surface area contributed by atoms with Crippen molar-refractivity contribution in [1.29, 1.82) is 5.26 Å². The Morgan fingerprint density at radius 2 is 2.37 bits per heavy atom. The highest BCUT2D eigenvalue weighted by Crippen LogP contribution is 2.29. The summed E-state index contributed by atoms with van der Waals surface area (Å²) in [6.45, 7) is 5.31. The third kappa shape index (κ3) is 3.89. The van der Waals surface area contributed by atoms with Crippen molar-refractivity contribution in [3.8, 4) is 6.07 Å². The molecule has 0 bridgehead atoms. The van der Waals surface area contributed by atoms with Gasteiger partial charge in [0.05, 0.1) is 28.9 Å². The van der Waals surface area contributed by atoms with Crippen LogP contribution in [0.4, 0.5) is 5.69 Å². The van der Waals surface area contributed by atoms with E-state index in [9.17, 15) is 0 Å². The maximum absolute atomic E-state index is 8.80. The van der Waals surface area contributed by atoms with Crippen molar-refractivity contribution < 1.29 is 0 Å². The Labute approximate surface area is 123 Å². The van der Waals surface area contributed by atoms with Gasteiger partial charge in [-0.25, -0.2) is 0 Å². The van der Waals surface area contributed by atoms with E-state index in [0.717, 1.165) is 17.4 Å². The fourth-order valence-electron chi connectivity index (χ4n) is 1.94. The molecule has 0 aliphatic carbocycles. The van der Waals surface area contributed by atoms with Gasteiger partial charge < -0.3 is 5.32 Å². The van der Waals surface area contributed by atoms with Gasteiger partial charge in [-0.3, -0.25) is 4.99 Å². The summed E-state index contributed by atoms with van der Waals surface area (Å²) in [5, 5.41) is 14.1. The number of amidine groups is 1. The number of hydrogen-bond acceptors (Lipinski definition) is 4. The van der Waals surface area contributed by atoms with Crippen LogP contribution in [-0.2, 0) is 0 Å². The van der Waals surface area contributed by atoms with Crippen LogP contribution in [0.3, 0.4) is 0 Å². The molecule has 1 atom stereocenters. The highest BCUT2D eigenvalue weighted by Gasteiger charge is 2.21. The SMILES string of the molecule is CC(C)CC1CN=C(Nc2ccc(C#N)cc2Cl)S1. The fraction of sp³-hybridized carbons (Fsp3) is 0.429. The minimum atomic E-state index is 0.551. The number of nitriles is 1. The van der Waals surface area contributed by atoms with Crippen molar-refractivity contribution in [2.24, 2.45) is 10.9 Å². The first-order chi connectivity index (χ1) is 9.08. The number of rotatable bonds is 3. The normalized spacial score (nSPS) is 18.3. The van der Waals surface area contributed by atoms with Crippen molar-refractivity contribution in [3.63, 3.8) is 0 Å². The fourth-order valence-corrected chi connectivity index (χ4v) is 3.43. The standard InChI is InChI=1S/C14H16ClN3S/c1-9(2)5-11-8-17-14(19-11)18-13-4-3-10(7-16)6-12(13)15/h3-4,6,9,11H,5,8H2,1-2H3,(H,17,18). The predicted molar refractivity (Wildman–Crippen MR) is 82.9 cm³/mol. The van der Waals surface area contributed by atoms with E-state index in [4.69, 9.17) is 16.9 Å². The summed E-state index contributed by atoms with van der Waals surface area (Å²) in [6, 6.07) is 7.30. The van der Waals surface area contributed by atoms with Crippen LogP contribution in [0.5, 0.6) is 0 Å². The predicted octanol–water partition coefficient (Wildman–Crippen LogP) is 4.14. The van der Waals surface area contributed by atoms with Crippen LogP contribution in [0.25, 0.3) is 0 Å². The van der Waals surface area contributed by atoms with Crippen LogP contribution < -0.4 is 5.32 Å². The molecule has 1 unspecified atom stereocenters. The first kappa shape index (κ1) is 14.2. The summed E-state index contributed by atoms with van der Waals surface area (Å²) in [6.07, 6.45) is 1.17. The number of halogens is 1. The van der Waals surface area contributed by atoms with E-state index in [1.807, 2.05) is 6.07 Å². The molecule has 1 N–H and O–H groups in total. The van der Waals surface area contributed by atoms with Gasteiger partial charge in [-0.05, 0) is 30.5 Å². The van der Waals surface area contributed by atoms with Crippen LogP contribution >= 0.6 is 23.4 Å². The van der Waals surface area contributed by atoms with Crippen molar-refractivity contribution in [2.45, 2.75) is 25.5 Å². The lowest BCUT2D eigenvalue weighted by Gasteiger charge is -2.11. The Kier molecular flexibility index (Phi) is 4.73. The Morgan fingerprint density at radius 3 is 3.00 bits per heavy atom. The maximum atomic E-state index is 8.80. The van der Waals surface area contributed by atoms with Crippen LogP contribution in [0.15, 0.2) is 23.2 Å². The lowest BCUT2D eigenvalue weighted by Crippen LogP contribution is -2.10. The maximum Gasteiger partial charge on any atom is 0.161 e. The Bertz CT molecular complexity index is 534. The summed E-state index contributed by atoms with van der Waals surface area (Å²) in [5.41, 5.74) is 1.37. The van der Waals surface area contributed by atoms with E-state index in [-0.39, 0.29) is 0 Å². The molecule has 0 spiro atoms. The second-order valence-corrected chi connectivity index (χ2v) is 6.64. The highest BCUT2D eigenvalue weighted by atomic mass is 35.5. The lowest BCUT2D eigenvalue weighted by atomic mass is 10.1. The molecule has 1 heterocycles. The largest absolute Gasteiger partial charge is 0.334 e. The third-order valence-corrected chi connectivity index (χ3v) is 4.23. The van der Waals surface area contributed by atoms with Crippen LogP contribution in [0, 0.1) is 17.2 Å². The highest BCUT2D eigenvalue weighted by molar-refractivity contribution is 8.15. The summed E-state index contributed by atoms with van der Waals surface area (Å²) in [4.78, 5) is 4.49. The van der Waals surface area contributed by atoms with E-state index in [1.54, 1.807) is 23.9 Å². The summed E-state index contributed by atoms with van der Waals surface area (Å²) in [5.74, 6) is 0.686. The minimum absolute atomic E-state index is 0.551. The van der Waals surface area contributed by atoms with Gasteiger partial charge in [0.25, 0.3) is 0 Å². The molecule has 0 aromatic heterocycles. The molecule has 0 amide bonds. The number of benzene rings is 1.